The fourth-order valence-corrected chi connectivity index (χ4v) is 2.50. The van der Waals surface area contributed by atoms with Crippen LogP contribution in [0.2, 0.25) is 0 Å². The van der Waals surface area contributed by atoms with Crippen LogP contribution in [0, 0.1) is 5.92 Å². The molecule has 1 N–H and O–H groups in total. The molecule has 0 aliphatic heterocycles. The normalized spacial score (nSPS) is 23.0. The molecule has 2 atom stereocenters. The second kappa shape index (κ2) is 6.01. The van der Waals surface area contributed by atoms with Crippen LogP contribution < -0.4 is 4.74 Å². The Morgan fingerprint density at radius 3 is 2.94 bits per heavy atom. The maximum Gasteiger partial charge on any atom is 0.310 e. The Balaban J connectivity index is 2.00. The summed E-state index contributed by atoms with van der Waals surface area (Å²) in [4.78, 5) is 11.2. The maximum absolute atomic E-state index is 11.2. The van der Waals surface area contributed by atoms with Gasteiger partial charge in [-0.05, 0) is 42.9 Å². The molecule has 1 aromatic rings. The number of esters is 1. The molecule has 3 nitrogen and oxygen atoms in total. The fourth-order valence-electron chi connectivity index (χ4n) is 2.50. The molecule has 0 bridgehead atoms. The van der Waals surface area contributed by atoms with Gasteiger partial charge < -0.3 is 9.84 Å². The van der Waals surface area contributed by atoms with Crippen LogP contribution in [0.1, 0.15) is 38.2 Å². The van der Waals surface area contributed by atoms with E-state index in [1.54, 1.807) is 13.0 Å². The molecule has 2 unspecified atom stereocenters. The van der Waals surface area contributed by atoms with Crippen molar-refractivity contribution in [2.75, 3.05) is 0 Å². The van der Waals surface area contributed by atoms with E-state index in [1.165, 1.54) is 0 Å². The van der Waals surface area contributed by atoms with Gasteiger partial charge in [-0.15, -0.1) is 0 Å². The molecule has 98 valence electrons. The standard InChI is InChI=1S/C15H20O3/c1-2-15(17)18-13-7-3-5-11(10-13)9-12-6-4-8-14(12)16/h3,5,7,10,12,14,16H,2,4,6,8-9H2,1H3. The van der Waals surface area contributed by atoms with Crippen LogP contribution in [0.4, 0.5) is 0 Å². The first-order chi connectivity index (χ1) is 8.69. The Labute approximate surface area is 108 Å². The number of carbonyl (C=O) groups excluding carboxylic acids is 1. The molecule has 0 amide bonds. The minimum absolute atomic E-state index is 0.174. The molecule has 0 aromatic heterocycles. The molecular weight excluding hydrogens is 228 g/mol. The van der Waals surface area contributed by atoms with Crippen LogP contribution in [-0.2, 0) is 11.2 Å². The SMILES string of the molecule is CCC(=O)Oc1cccc(CC2CCCC2O)c1. The van der Waals surface area contributed by atoms with E-state index in [-0.39, 0.29) is 12.1 Å². The lowest BCUT2D eigenvalue weighted by Crippen LogP contribution is -2.15. The summed E-state index contributed by atoms with van der Waals surface area (Å²) in [5.41, 5.74) is 1.13. The number of hydrogen-bond donors (Lipinski definition) is 1. The smallest absolute Gasteiger partial charge is 0.310 e. The molecule has 3 heteroatoms. The van der Waals surface area contributed by atoms with E-state index in [1.807, 2.05) is 18.2 Å². The summed E-state index contributed by atoms with van der Waals surface area (Å²) in [5.74, 6) is 0.738. The van der Waals surface area contributed by atoms with Gasteiger partial charge in [0.05, 0.1) is 6.10 Å². The first-order valence-corrected chi connectivity index (χ1v) is 6.66. The Morgan fingerprint density at radius 2 is 2.28 bits per heavy atom. The molecule has 1 saturated carbocycles. The third-order valence-corrected chi connectivity index (χ3v) is 3.54. The number of aliphatic hydroxyl groups excluding tert-OH is 1. The van der Waals surface area contributed by atoms with Crippen molar-refractivity contribution in [3.05, 3.63) is 29.8 Å². The first kappa shape index (κ1) is 13.1. The molecule has 1 fully saturated rings. The van der Waals surface area contributed by atoms with Gasteiger partial charge >= 0.3 is 5.97 Å². The van der Waals surface area contributed by atoms with Crippen LogP contribution in [0.15, 0.2) is 24.3 Å². The quantitative estimate of drug-likeness (QED) is 0.658. The third-order valence-electron chi connectivity index (χ3n) is 3.54. The fraction of sp³-hybridized carbons (Fsp3) is 0.533. The summed E-state index contributed by atoms with van der Waals surface area (Å²) in [6.07, 6.45) is 4.17. The Bertz CT molecular complexity index is 414. The van der Waals surface area contributed by atoms with E-state index >= 15 is 0 Å². The van der Waals surface area contributed by atoms with Crippen molar-refractivity contribution in [2.45, 2.75) is 45.1 Å². The van der Waals surface area contributed by atoms with Crippen molar-refractivity contribution in [1.29, 1.82) is 0 Å². The highest BCUT2D eigenvalue weighted by atomic mass is 16.5. The third kappa shape index (κ3) is 3.33. The van der Waals surface area contributed by atoms with Crippen molar-refractivity contribution in [3.8, 4) is 5.75 Å². The van der Waals surface area contributed by atoms with Gasteiger partial charge in [0, 0.05) is 6.42 Å². The predicted molar refractivity (Wildman–Crippen MR) is 69.4 cm³/mol. The molecule has 0 heterocycles. The number of ether oxygens (including phenoxy) is 1. The topological polar surface area (TPSA) is 46.5 Å². The molecule has 2 rings (SSSR count). The van der Waals surface area contributed by atoms with Crippen LogP contribution >= 0.6 is 0 Å². The zero-order valence-corrected chi connectivity index (χ0v) is 10.8. The molecule has 0 saturated heterocycles. The number of carbonyl (C=O) groups is 1. The van der Waals surface area contributed by atoms with Gasteiger partial charge in [0.15, 0.2) is 0 Å². The van der Waals surface area contributed by atoms with Crippen LogP contribution in [-0.4, -0.2) is 17.2 Å². The average Bonchev–Trinajstić information content (AvgIpc) is 2.75. The van der Waals surface area contributed by atoms with Gasteiger partial charge in [0.25, 0.3) is 0 Å². The summed E-state index contributed by atoms with van der Waals surface area (Å²) in [5, 5.41) is 9.82. The van der Waals surface area contributed by atoms with Crippen molar-refractivity contribution in [3.63, 3.8) is 0 Å². The lowest BCUT2D eigenvalue weighted by Gasteiger charge is -2.14. The molecule has 0 radical (unpaired) electrons. The molecule has 1 aliphatic carbocycles. The van der Waals surface area contributed by atoms with Crippen LogP contribution in [0.5, 0.6) is 5.75 Å². The first-order valence-electron chi connectivity index (χ1n) is 6.66. The largest absolute Gasteiger partial charge is 0.427 e. The highest BCUT2D eigenvalue weighted by Crippen LogP contribution is 2.29. The average molecular weight is 248 g/mol. The van der Waals surface area contributed by atoms with E-state index in [9.17, 15) is 9.90 Å². The zero-order valence-electron chi connectivity index (χ0n) is 10.8. The second-order valence-corrected chi connectivity index (χ2v) is 4.94. The number of benzene rings is 1. The van der Waals surface area contributed by atoms with Gasteiger partial charge in [-0.3, -0.25) is 4.79 Å². The van der Waals surface area contributed by atoms with Crippen molar-refractivity contribution >= 4 is 5.97 Å². The van der Waals surface area contributed by atoms with E-state index in [0.29, 0.717) is 18.1 Å². The van der Waals surface area contributed by atoms with Gasteiger partial charge in [-0.2, -0.15) is 0 Å². The number of rotatable bonds is 4. The lowest BCUT2D eigenvalue weighted by molar-refractivity contribution is -0.134. The second-order valence-electron chi connectivity index (χ2n) is 4.94. The monoisotopic (exact) mass is 248 g/mol. The summed E-state index contributed by atoms with van der Waals surface area (Å²) >= 11 is 0. The molecule has 18 heavy (non-hydrogen) atoms. The summed E-state index contributed by atoms with van der Waals surface area (Å²) < 4.78 is 5.19. The minimum atomic E-state index is -0.215. The molecule has 0 spiro atoms. The van der Waals surface area contributed by atoms with Crippen LogP contribution in [0.25, 0.3) is 0 Å². The zero-order chi connectivity index (χ0) is 13.0. The van der Waals surface area contributed by atoms with E-state index in [4.69, 9.17) is 4.74 Å². The van der Waals surface area contributed by atoms with Crippen molar-refractivity contribution in [1.82, 2.24) is 0 Å². The number of hydrogen-bond acceptors (Lipinski definition) is 3. The van der Waals surface area contributed by atoms with E-state index in [0.717, 1.165) is 31.2 Å². The Hall–Kier alpha value is -1.35. The van der Waals surface area contributed by atoms with Crippen molar-refractivity contribution < 1.29 is 14.6 Å². The van der Waals surface area contributed by atoms with E-state index in [2.05, 4.69) is 0 Å². The summed E-state index contributed by atoms with van der Waals surface area (Å²) in [6.45, 7) is 1.78. The van der Waals surface area contributed by atoms with Crippen LogP contribution in [0.3, 0.4) is 0 Å². The Kier molecular flexibility index (Phi) is 4.37. The highest BCUT2D eigenvalue weighted by Gasteiger charge is 2.25. The van der Waals surface area contributed by atoms with E-state index < -0.39 is 0 Å². The molecule has 1 aliphatic rings. The van der Waals surface area contributed by atoms with Gasteiger partial charge in [-0.25, -0.2) is 0 Å². The summed E-state index contributed by atoms with van der Waals surface area (Å²) in [6, 6.07) is 7.62. The van der Waals surface area contributed by atoms with Crippen molar-refractivity contribution in [2.24, 2.45) is 5.92 Å². The predicted octanol–water partition coefficient (Wildman–Crippen LogP) is 2.71. The van der Waals surface area contributed by atoms with Gasteiger partial charge in [0.1, 0.15) is 5.75 Å². The minimum Gasteiger partial charge on any atom is -0.427 e. The summed E-state index contributed by atoms with van der Waals surface area (Å²) in [7, 11) is 0. The van der Waals surface area contributed by atoms with Gasteiger partial charge in [0.2, 0.25) is 0 Å². The molecule has 1 aromatic carbocycles. The van der Waals surface area contributed by atoms with Gasteiger partial charge in [-0.1, -0.05) is 25.5 Å². The lowest BCUT2D eigenvalue weighted by atomic mass is 9.96. The Morgan fingerprint density at radius 1 is 1.44 bits per heavy atom. The maximum atomic E-state index is 11.2. The number of aliphatic hydroxyl groups is 1. The highest BCUT2D eigenvalue weighted by molar-refractivity contribution is 5.71. The molecular formula is C15H20O3.